The van der Waals surface area contributed by atoms with Gasteiger partial charge in [-0.3, -0.25) is 19.8 Å². The molecule has 1 atom stereocenters. The molecule has 2 saturated heterocycles. The SMILES string of the molecule is Cc1cc(/C=C2\C(=O)NC(=O)N(Cc3ccccc3)C2=O)c(C)n1C[C@@H]1CCCO1. The number of nitrogens with one attached hydrogen (secondary N) is 1. The number of nitrogens with zero attached hydrogens (tertiary/aromatic N) is 2. The summed E-state index contributed by atoms with van der Waals surface area (Å²) in [7, 11) is 0. The van der Waals surface area contributed by atoms with Crippen molar-refractivity contribution in [1.82, 2.24) is 14.8 Å². The predicted octanol–water partition coefficient (Wildman–Crippen LogP) is 2.95. The van der Waals surface area contributed by atoms with Gasteiger partial charge < -0.3 is 9.30 Å². The molecule has 0 aliphatic carbocycles. The van der Waals surface area contributed by atoms with Crippen molar-refractivity contribution in [1.29, 1.82) is 0 Å². The topological polar surface area (TPSA) is 80.6 Å². The molecule has 7 nitrogen and oxygen atoms in total. The molecule has 4 rings (SSSR count). The summed E-state index contributed by atoms with van der Waals surface area (Å²) in [5, 5.41) is 2.28. The van der Waals surface area contributed by atoms with Crippen LogP contribution in [-0.2, 0) is 27.4 Å². The van der Waals surface area contributed by atoms with E-state index in [-0.39, 0.29) is 18.2 Å². The summed E-state index contributed by atoms with van der Waals surface area (Å²) in [5.41, 5.74) is 3.56. The summed E-state index contributed by atoms with van der Waals surface area (Å²) in [4.78, 5) is 38.7. The van der Waals surface area contributed by atoms with Gasteiger partial charge in [-0.25, -0.2) is 4.79 Å². The molecule has 1 aromatic carbocycles. The zero-order chi connectivity index (χ0) is 21.3. The predicted molar refractivity (Wildman–Crippen MR) is 111 cm³/mol. The molecule has 2 aliphatic rings. The van der Waals surface area contributed by atoms with Crippen molar-refractivity contribution < 1.29 is 19.1 Å². The quantitative estimate of drug-likeness (QED) is 0.610. The van der Waals surface area contributed by atoms with Gasteiger partial charge in [-0.15, -0.1) is 0 Å². The number of ether oxygens (including phenoxy) is 1. The summed E-state index contributed by atoms with van der Waals surface area (Å²) in [6, 6.07) is 10.5. The molecule has 2 fully saturated rings. The van der Waals surface area contributed by atoms with Crippen molar-refractivity contribution in [3.8, 4) is 0 Å². The van der Waals surface area contributed by atoms with Crippen molar-refractivity contribution in [2.75, 3.05) is 6.61 Å². The van der Waals surface area contributed by atoms with Gasteiger partial charge in [0.25, 0.3) is 11.8 Å². The largest absolute Gasteiger partial charge is 0.376 e. The third-order valence-corrected chi connectivity index (χ3v) is 5.69. The maximum absolute atomic E-state index is 13.0. The number of aryl methyl sites for hydroxylation is 1. The third kappa shape index (κ3) is 3.93. The molecule has 0 spiro atoms. The van der Waals surface area contributed by atoms with Crippen molar-refractivity contribution in [3.63, 3.8) is 0 Å². The fourth-order valence-electron chi connectivity index (χ4n) is 4.01. The van der Waals surface area contributed by atoms with E-state index in [9.17, 15) is 14.4 Å². The van der Waals surface area contributed by atoms with E-state index in [0.717, 1.165) is 53.4 Å². The number of carbonyl (C=O) groups excluding carboxylic acids is 3. The molecule has 0 bridgehead atoms. The molecule has 30 heavy (non-hydrogen) atoms. The number of amides is 4. The molecule has 7 heteroatoms. The van der Waals surface area contributed by atoms with E-state index in [4.69, 9.17) is 4.74 Å². The van der Waals surface area contributed by atoms with E-state index in [1.807, 2.05) is 50.2 Å². The number of rotatable bonds is 5. The lowest BCUT2D eigenvalue weighted by molar-refractivity contribution is -0.130. The highest BCUT2D eigenvalue weighted by Crippen LogP contribution is 2.24. The summed E-state index contributed by atoms with van der Waals surface area (Å²) in [5.74, 6) is -1.25. The van der Waals surface area contributed by atoms with Gasteiger partial charge in [-0.05, 0) is 50.0 Å². The van der Waals surface area contributed by atoms with Gasteiger partial charge in [0, 0.05) is 24.5 Å². The molecule has 2 aliphatic heterocycles. The highest BCUT2D eigenvalue weighted by Gasteiger charge is 2.36. The van der Waals surface area contributed by atoms with Crippen LogP contribution >= 0.6 is 0 Å². The molecule has 2 aromatic rings. The van der Waals surface area contributed by atoms with Gasteiger partial charge in [-0.1, -0.05) is 30.3 Å². The van der Waals surface area contributed by atoms with Gasteiger partial charge in [0.1, 0.15) is 5.57 Å². The third-order valence-electron chi connectivity index (χ3n) is 5.69. The number of hydrogen-bond acceptors (Lipinski definition) is 4. The van der Waals surface area contributed by atoms with Crippen molar-refractivity contribution in [2.24, 2.45) is 0 Å². The van der Waals surface area contributed by atoms with E-state index in [1.54, 1.807) is 6.08 Å². The van der Waals surface area contributed by atoms with Crippen LogP contribution < -0.4 is 5.32 Å². The van der Waals surface area contributed by atoms with E-state index < -0.39 is 17.8 Å². The Morgan fingerprint density at radius 3 is 2.63 bits per heavy atom. The zero-order valence-corrected chi connectivity index (χ0v) is 17.2. The maximum Gasteiger partial charge on any atom is 0.331 e. The average Bonchev–Trinajstić information content (AvgIpc) is 3.33. The smallest absolute Gasteiger partial charge is 0.331 e. The van der Waals surface area contributed by atoms with Crippen LogP contribution in [0.1, 0.15) is 35.4 Å². The summed E-state index contributed by atoms with van der Waals surface area (Å²) in [6.07, 6.45) is 3.87. The lowest BCUT2D eigenvalue weighted by Gasteiger charge is -2.26. The summed E-state index contributed by atoms with van der Waals surface area (Å²) in [6.45, 7) is 5.61. The van der Waals surface area contributed by atoms with Crippen molar-refractivity contribution >= 4 is 23.9 Å². The molecule has 0 radical (unpaired) electrons. The molecule has 0 unspecified atom stereocenters. The fourth-order valence-corrected chi connectivity index (χ4v) is 4.01. The van der Waals surface area contributed by atoms with Crippen LogP contribution in [0.4, 0.5) is 4.79 Å². The summed E-state index contributed by atoms with van der Waals surface area (Å²) >= 11 is 0. The first-order valence-electron chi connectivity index (χ1n) is 10.1. The van der Waals surface area contributed by atoms with Gasteiger partial charge in [0.05, 0.1) is 12.6 Å². The minimum absolute atomic E-state index is 0.0390. The first-order chi connectivity index (χ1) is 14.4. The van der Waals surface area contributed by atoms with Crippen LogP contribution in [0.2, 0.25) is 0 Å². The van der Waals surface area contributed by atoms with E-state index in [0.29, 0.717) is 0 Å². The molecule has 1 aromatic heterocycles. The minimum Gasteiger partial charge on any atom is -0.376 e. The first-order valence-corrected chi connectivity index (χ1v) is 10.1. The van der Waals surface area contributed by atoms with Crippen molar-refractivity contribution in [2.45, 2.75) is 45.9 Å². The molecule has 156 valence electrons. The van der Waals surface area contributed by atoms with Crippen molar-refractivity contribution in [3.05, 3.63) is 64.5 Å². The standard InChI is InChI=1S/C23H25N3O4/c1-15-11-18(16(2)25(15)14-19-9-6-10-30-19)12-20-21(27)24-23(29)26(22(20)28)13-17-7-4-3-5-8-17/h3-5,7-8,11-12,19H,6,9-10,13-14H2,1-2H3,(H,24,27,29)/b20-12+/t19-/m0/s1. The van der Waals surface area contributed by atoms with E-state index in [1.165, 1.54) is 0 Å². The van der Waals surface area contributed by atoms with E-state index >= 15 is 0 Å². The minimum atomic E-state index is -0.699. The molecule has 0 saturated carbocycles. The Bertz CT molecular complexity index is 1020. The highest BCUT2D eigenvalue weighted by atomic mass is 16.5. The van der Waals surface area contributed by atoms with Crippen LogP contribution in [-0.4, -0.2) is 40.0 Å². The monoisotopic (exact) mass is 407 g/mol. The number of aromatic nitrogens is 1. The lowest BCUT2D eigenvalue weighted by Crippen LogP contribution is -2.53. The number of barbiturate groups is 1. The van der Waals surface area contributed by atoms with Crippen LogP contribution in [0.15, 0.2) is 42.0 Å². The Morgan fingerprint density at radius 2 is 1.93 bits per heavy atom. The highest BCUT2D eigenvalue weighted by molar-refractivity contribution is 6.31. The Hall–Kier alpha value is -3.19. The second-order valence-corrected chi connectivity index (χ2v) is 7.77. The maximum atomic E-state index is 13.0. The normalized spacial score (nSPS) is 20.9. The van der Waals surface area contributed by atoms with Gasteiger partial charge in [0.2, 0.25) is 0 Å². The number of hydrogen-bond donors (Lipinski definition) is 1. The Kier molecular flexibility index (Phi) is 5.55. The molecule has 3 heterocycles. The second-order valence-electron chi connectivity index (χ2n) is 7.77. The average molecular weight is 407 g/mol. The van der Waals surface area contributed by atoms with Crippen LogP contribution in [0.3, 0.4) is 0 Å². The zero-order valence-electron chi connectivity index (χ0n) is 17.2. The van der Waals surface area contributed by atoms with E-state index in [2.05, 4.69) is 9.88 Å². The number of urea groups is 1. The Morgan fingerprint density at radius 1 is 1.17 bits per heavy atom. The molecule has 1 N–H and O–H groups in total. The number of carbonyl (C=O) groups is 3. The molecular formula is C23H25N3O4. The molecular weight excluding hydrogens is 382 g/mol. The second kappa shape index (κ2) is 8.28. The van der Waals surface area contributed by atoms with Crippen LogP contribution in [0.5, 0.6) is 0 Å². The Labute approximate surface area is 175 Å². The van der Waals surface area contributed by atoms with Crippen LogP contribution in [0.25, 0.3) is 6.08 Å². The van der Waals surface area contributed by atoms with Gasteiger partial charge in [0.15, 0.2) is 0 Å². The number of imide groups is 2. The van der Waals surface area contributed by atoms with Gasteiger partial charge >= 0.3 is 6.03 Å². The van der Waals surface area contributed by atoms with Crippen LogP contribution in [0, 0.1) is 13.8 Å². The molecule has 4 amide bonds. The fraction of sp³-hybridized carbons (Fsp3) is 0.348. The number of benzene rings is 1. The first kappa shape index (κ1) is 20.1. The Balaban J connectivity index is 1.61. The van der Waals surface area contributed by atoms with Gasteiger partial charge in [-0.2, -0.15) is 0 Å². The summed E-state index contributed by atoms with van der Waals surface area (Å²) < 4.78 is 7.90. The lowest BCUT2D eigenvalue weighted by atomic mass is 10.1.